The normalized spacial score (nSPS) is 20.7. The largest absolute Gasteiger partial charge is 0.416 e. The Bertz CT molecular complexity index is 431. The molecule has 18 heavy (non-hydrogen) atoms. The van der Waals surface area contributed by atoms with Crippen molar-refractivity contribution < 1.29 is 13.2 Å². The van der Waals surface area contributed by atoms with Gasteiger partial charge in [-0.3, -0.25) is 0 Å². The summed E-state index contributed by atoms with van der Waals surface area (Å²) in [6, 6.07) is 5.63. The van der Waals surface area contributed by atoms with E-state index in [1.165, 1.54) is 5.57 Å². The van der Waals surface area contributed by atoms with Gasteiger partial charge >= 0.3 is 6.18 Å². The van der Waals surface area contributed by atoms with Crippen LogP contribution in [0, 0.1) is 0 Å². The van der Waals surface area contributed by atoms with Crippen LogP contribution in [0.5, 0.6) is 0 Å². The third kappa shape index (κ3) is 3.35. The average Bonchev–Trinajstić information content (AvgIpc) is 2.32. The van der Waals surface area contributed by atoms with Crippen molar-refractivity contribution in [2.24, 2.45) is 5.73 Å². The van der Waals surface area contributed by atoms with E-state index in [1.54, 1.807) is 12.1 Å². The highest BCUT2D eigenvalue weighted by molar-refractivity contribution is 5.28. The predicted molar refractivity (Wildman–Crippen MR) is 65.1 cm³/mol. The number of benzene rings is 1. The molecule has 0 saturated carbocycles. The van der Waals surface area contributed by atoms with Gasteiger partial charge in [-0.2, -0.15) is 13.2 Å². The van der Waals surface area contributed by atoms with Gasteiger partial charge in [0.1, 0.15) is 0 Å². The Morgan fingerprint density at radius 2 is 1.83 bits per heavy atom. The number of alkyl halides is 3. The fourth-order valence-corrected chi connectivity index (χ4v) is 2.14. The SMILES string of the molecule is NC1CC=C(Cc2ccc(C(F)(F)F)cc2)CC1. The van der Waals surface area contributed by atoms with Gasteiger partial charge in [-0.1, -0.05) is 23.8 Å². The number of hydrogen-bond donors (Lipinski definition) is 1. The van der Waals surface area contributed by atoms with E-state index < -0.39 is 11.7 Å². The van der Waals surface area contributed by atoms with E-state index in [-0.39, 0.29) is 6.04 Å². The van der Waals surface area contributed by atoms with Gasteiger partial charge in [0.05, 0.1) is 5.56 Å². The summed E-state index contributed by atoms with van der Waals surface area (Å²) in [7, 11) is 0. The Hall–Kier alpha value is -1.29. The van der Waals surface area contributed by atoms with Gasteiger partial charge < -0.3 is 5.73 Å². The van der Waals surface area contributed by atoms with Crippen LogP contribution in [-0.4, -0.2) is 6.04 Å². The van der Waals surface area contributed by atoms with Crippen LogP contribution in [0.1, 0.15) is 30.4 Å². The Labute approximate surface area is 104 Å². The smallest absolute Gasteiger partial charge is 0.327 e. The van der Waals surface area contributed by atoms with Crippen molar-refractivity contribution in [1.29, 1.82) is 0 Å². The molecule has 0 aliphatic heterocycles. The third-order valence-corrected chi connectivity index (χ3v) is 3.26. The third-order valence-electron chi connectivity index (χ3n) is 3.26. The van der Waals surface area contributed by atoms with Crippen molar-refractivity contribution in [3.05, 3.63) is 47.0 Å². The lowest BCUT2D eigenvalue weighted by Crippen LogP contribution is -2.22. The van der Waals surface area contributed by atoms with E-state index in [4.69, 9.17) is 5.73 Å². The maximum atomic E-state index is 12.4. The van der Waals surface area contributed by atoms with Gasteiger partial charge in [0.15, 0.2) is 0 Å². The van der Waals surface area contributed by atoms with Crippen molar-refractivity contribution in [1.82, 2.24) is 0 Å². The molecular formula is C14H16F3N. The van der Waals surface area contributed by atoms with Crippen LogP contribution in [-0.2, 0) is 12.6 Å². The Balaban J connectivity index is 2.03. The zero-order chi connectivity index (χ0) is 13.2. The van der Waals surface area contributed by atoms with Gasteiger partial charge in [-0.05, 0) is 43.4 Å². The van der Waals surface area contributed by atoms with Crippen LogP contribution < -0.4 is 5.73 Å². The monoisotopic (exact) mass is 255 g/mol. The molecule has 0 spiro atoms. The number of allylic oxidation sites excluding steroid dienone is 1. The molecule has 1 aliphatic carbocycles. The topological polar surface area (TPSA) is 26.0 Å². The first-order chi connectivity index (χ1) is 8.45. The minimum atomic E-state index is -4.25. The lowest BCUT2D eigenvalue weighted by atomic mass is 9.91. The summed E-state index contributed by atoms with van der Waals surface area (Å²) >= 11 is 0. The molecule has 98 valence electrons. The van der Waals surface area contributed by atoms with Crippen LogP contribution in [0.25, 0.3) is 0 Å². The van der Waals surface area contributed by atoms with Crippen LogP contribution in [0.2, 0.25) is 0 Å². The van der Waals surface area contributed by atoms with Crippen molar-refractivity contribution in [3.63, 3.8) is 0 Å². The van der Waals surface area contributed by atoms with E-state index in [0.29, 0.717) is 0 Å². The molecule has 1 atom stereocenters. The highest BCUT2D eigenvalue weighted by Crippen LogP contribution is 2.29. The second-order valence-electron chi connectivity index (χ2n) is 4.77. The first-order valence-electron chi connectivity index (χ1n) is 6.05. The molecule has 1 aromatic rings. The fourth-order valence-electron chi connectivity index (χ4n) is 2.14. The van der Waals surface area contributed by atoms with Crippen molar-refractivity contribution in [2.45, 2.75) is 37.9 Å². The highest BCUT2D eigenvalue weighted by Gasteiger charge is 2.29. The fraction of sp³-hybridized carbons (Fsp3) is 0.429. The minimum Gasteiger partial charge on any atom is -0.327 e. The predicted octanol–water partition coefficient (Wildman–Crippen LogP) is 3.69. The van der Waals surface area contributed by atoms with E-state index >= 15 is 0 Å². The molecule has 2 rings (SSSR count). The van der Waals surface area contributed by atoms with Gasteiger partial charge in [0.25, 0.3) is 0 Å². The first kappa shape index (κ1) is 13.1. The summed E-state index contributed by atoms with van der Waals surface area (Å²) in [6.07, 6.45) is 1.37. The molecule has 0 bridgehead atoms. The standard InChI is InChI=1S/C14H16F3N/c15-14(16,17)12-5-1-10(2-6-12)9-11-3-7-13(18)8-4-11/h1-3,5-6,13H,4,7-9,18H2. The van der Waals surface area contributed by atoms with Gasteiger partial charge in [0, 0.05) is 6.04 Å². The Morgan fingerprint density at radius 3 is 2.33 bits per heavy atom. The molecule has 0 heterocycles. The van der Waals surface area contributed by atoms with E-state index in [9.17, 15) is 13.2 Å². The van der Waals surface area contributed by atoms with Gasteiger partial charge in [0.2, 0.25) is 0 Å². The number of hydrogen-bond acceptors (Lipinski definition) is 1. The maximum absolute atomic E-state index is 12.4. The van der Waals surface area contributed by atoms with Crippen LogP contribution in [0.15, 0.2) is 35.9 Å². The molecule has 1 aliphatic rings. The molecule has 0 saturated heterocycles. The molecule has 1 unspecified atom stereocenters. The molecule has 1 nitrogen and oxygen atoms in total. The summed E-state index contributed by atoms with van der Waals surface area (Å²) in [5.74, 6) is 0. The minimum absolute atomic E-state index is 0.237. The van der Waals surface area contributed by atoms with Crippen molar-refractivity contribution in [2.75, 3.05) is 0 Å². The van der Waals surface area contributed by atoms with Crippen LogP contribution >= 0.6 is 0 Å². The molecule has 0 radical (unpaired) electrons. The zero-order valence-electron chi connectivity index (χ0n) is 10.0. The first-order valence-corrected chi connectivity index (χ1v) is 6.05. The summed E-state index contributed by atoms with van der Waals surface area (Å²) < 4.78 is 37.2. The molecular weight excluding hydrogens is 239 g/mol. The molecule has 0 aromatic heterocycles. The Morgan fingerprint density at radius 1 is 1.17 bits per heavy atom. The summed E-state index contributed by atoms with van der Waals surface area (Å²) in [6.45, 7) is 0. The van der Waals surface area contributed by atoms with Crippen LogP contribution in [0.4, 0.5) is 13.2 Å². The Kier molecular flexibility index (Phi) is 3.76. The summed E-state index contributed by atoms with van der Waals surface area (Å²) in [4.78, 5) is 0. The average molecular weight is 255 g/mol. The molecule has 2 N–H and O–H groups in total. The number of nitrogens with two attached hydrogens (primary N) is 1. The maximum Gasteiger partial charge on any atom is 0.416 e. The van der Waals surface area contributed by atoms with Gasteiger partial charge in [-0.25, -0.2) is 0 Å². The highest BCUT2D eigenvalue weighted by atomic mass is 19.4. The van der Waals surface area contributed by atoms with E-state index in [1.807, 2.05) is 0 Å². The second-order valence-corrected chi connectivity index (χ2v) is 4.77. The zero-order valence-corrected chi connectivity index (χ0v) is 10.0. The van der Waals surface area contributed by atoms with Crippen molar-refractivity contribution >= 4 is 0 Å². The molecule has 1 aromatic carbocycles. The van der Waals surface area contributed by atoms with E-state index in [0.717, 1.165) is 43.4 Å². The molecule has 0 fully saturated rings. The molecule has 0 amide bonds. The lowest BCUT2D eigenvalue weighted by Gasteiger charge is -2.18. The second kappa shape index (κ2) is 5.14. The number of rotatable bonds is 2. The van der Waals surface area contributed by atoms with Crippen molar-refractivity contribution in [3.8, 4) is 0 Å². The molecule has 4 heteroatoms. The van der Waals surface area contributed by atoms with Crippen LogP contribution in [0.3, 0.4) is 0 Å². The number of halogens is 3. The van der Waals surface area contributed by atoms with E-state index in [2.05, 4.69) is 6.08 Å². The summed E-state index contributed by atoms with van der Waals surface area (Å²) in [5, 5.41) is 0. The van der Waals surface area contributed by atoms with Gasteiger partial charge in [-0.15, -0.1) is 0 Å². The summed E-state index contributed by atoms with van der Waals surface area (Å²) in [5.41, 5.74) is 7.39. The lowest BCUT2D eigenvalue weighted by molar-refractivity contribution is -0.137. The quantitative estimate of drug-likeness (QED) is 0.801.